The molecule has 0 aliphatic carbocycles. The second kappa shape index (κ2) is 6.08. The molecule has 1 aromatic heterocycles. The lowest BCUT2D eigenvalue weighted by atomic mass is 10.1. The number of hydrogen-bond donors (Lipinski definition) is 2. The Morgan fingerprint density at radius 2 is 1.95 bits per heavy atom. The molecule has 1 heterocycles. The molecule has 3 nitrogen and oxygen atoms in total. The Balaban J connectivity index is 2.10. The van der Waals surface area contributed by atoms with E-state index < -0.39 is 6.10 Å². The average Bonchev–Trinajstić information content (AvgIpc) is 2.37. The number of aryl methyl sites for hydroxylation is 2. The molecule has 0 bridgehead atoms. The molecule has 0 spiro atoms. The molecule has 0 radical (unpaired) electrons. The van der Waals surface area contributed by atoms with Crippen molar-refractivity contribution in [2.24, 2.45) is 0 Å². The third kappa shape index (κ3) is 3.28. The Bertz CT molecular complexity index is 552. The van der Waals surface area contributed by atoms with Crippen LogP contribution in [0.25, 0.3) is 0 Å². The van der Waals surface area contributed by atoms with Crippen LogP contribution >= 0.6 is 11.8 Å². The van der Waals surface area contributed by atoms with E-state index in [9.17, 15) is 5.11 Å². The number of thioether (sulfide) groups is 1. The summed E-state index contributed by atoms with van der Waals surface area (Å²) >= 11 is 1.63. The monoisotopic (exact) mass is 274 g/mol. The number of aliphatic hydroxyl groups excluding tert-OH is 1. The smallest absolute Gasteiger partial charge is 0.129 e. The maximum atomic E-state index is 10.3. The van der Waals surface area contributed by atoms with Gasteiger partial charge in [0.25, 0.3) is 0 Å². The standard InChI is InChI=1S/C15H18N2OS/c1-10-5-3-4-6-13(10)19-9-12(18)14-11(2)7-8-17-15(14)16/h3-8,12,18H,9H2,1-2H3,(H2,16,17). The molecule has 1 aromatic carbocycles. The summed E-state index contributed by atoms with van der Waals surface area (Å²) in [6, 6.07) is 10.0. The van der Waals surface area contributed by atoms with Gasteiger partial charge in [0.2, 0.25) is 0 Å². The van der Waals surface area contributed by atoms with E-state index >= 15 is 0 Å². The predicted molar refractivity (Wildman–Crippen MR) is 80.2 cm³/mol. The third-order valence-corrected chi connectivity index (χ3v) is 4.31. The maximum absolute atomic E-state index is 10.3. The first-order valence-electron chi connectivity index (χ1n) is 6.17. The van der Waals surface area contributed by atoms with Gasteiger partial charge in [0.05, 0.1) is 6.10 Å². The van der Waals surface area contributed by atoms with Crippen LogP contribution in [0.2, 0.25) is 0 Å². The predicted octanol–water partition coefficient (Wildman–Crippen LogP) is 3.11. The zero-order valence-corrected chi connectivity index (χ0v) is 11.9. The number of nitrogens with zero attached hydrogens (tertiary/aromatic N) is 1. The summed E-state index contributed by atoms with van der Waals surface area (Å²) in [4.78, 5) is 5.22. The minimum absolute atomic E-state index is 0.415. The number of rotatable bonds is 4. The van der Waals surface area contributed by atoms with Gasteiger partial charge in [-0.1, -0.05) is 18.2 Å². The van der Waals surface area contributed by atoms with Gasteiger partial charge in [-0.15, -0.1) is 11.8 Å². The minimum atomic E-state index is -0.599. The lowest BCUT2D eigenvalue weighted by Crippen LogP contribution is -2.08. The summed E-state index contributed by atoms with van der Waals surface area (Å²) in [5.41, 5.74) is 8.78. The van der Waals surface area contributed by atoms with E-state index in [2.05, 4.69) is 24.0 Å². The van der Waals surface area contributed by atoms with Gasteiger partial charge in [-0.3, -0.25) is 0 Å². The molecular formula is C15H18N2OS. The molecule has 19 heavy (non-hydrogen) atoms. The summed E-state index contributed by atoms with van der Waals surface area (Å²) < 4.78 is 0. The van der Waals surface area contributed by atoms with E-state index in [0.717, 1.165) is 11.1 Å². The molecule has 100 valence electrons. The fourth-order valence-electron chi connectivity index (χ4n) is 1.99. The van der Waals surface area contributed by atoms with Crippen molar-refractivity contribution in [3.8, 4) is 0 Å². The van der Waals surface area contributed by atoms with Crippen molar-refractivity contribution in [1.82, 2.24) is 4.98 Å². The van der Waals surface area contributed by atoms with Crippen LogP contribution in [0.1, 0.15) is 22.8 Å². The number of anilines is 1. The van der Waals surface area contributed by atoms with Crippen molar-refractivity contribution in [2.75, 3.05) is 11.5 Å². The van der Waals surface area contributed by atoms with Gasteiger partial charge < -0.3 is 10.8 Å². The Morgan fingerprint density at radius 1 is 1.21 bits per heavy atom. The van der Waals surface area contributed by atoms with Crippen molar-refractivity contribution in [3.63, 3.8) is 0 Å². The van der Waals surface area contributed by atoms with Crippen molar-refractivity contribution in [3.05, 3.63) is 53.2 Å². The fourth-order valence-corrected chi connectivity index (χ4v) is 2.97. The molecular weight excluding hydrogens is 256 g/mol. The van der Waals surface area contributed by atoms with E-state index in [1.165, 1.54) is 10.5 Å². The SMILES string of the molecule is Cc1ccccc1SCC(O)c1c(C)ccnc1N. The van der Waals surface area contributed by atoms with Crippen molar-refractivity contribution < 1.29 is 5.11 Å². The average molecular weight is 274 g/mol. The Kier molecular flexibility index (Phi) is 4.45. The van der Waals surface area contributed by atoms with Crippen LogP contribution in [0.3, 0.4) is 0 Å². The number of aliphatic hydroxyl groups is 1. The topological polar surface area (TPSA) is 59.1 Å². The Morgan fingerprint density at radius 3 is 2.63 bits per heavy atom. The van der Waals surface area contributed by atoms with Crippen LogP contribution in [-0.4, -0.2) is 15.8 Å². The summed E-state index contributed by atoms with van der Waals surface area (Å²) in [5.74, 6) is 0.986. The van der Waals surface area contributed by atoms with Crippen LogP contribution in [-0.2, 0) is 0 Å². The highest BCUT2D eigenvalue weighted by Crippen LogP contribution is 2.30. The number of benzene rings is 1. The highest BCUT2D eigenvalue weighted by Gasteiger charge is 2.15. The van der Waals surface area contributed by atoms with Crippen LogP contribution < -0.4 is 5.73 Å². The van der Waals surface area contributed by atoms with Gasteiger partial charge in [-0.05, 0) is 37.1 Å². The second-order valence-corrected chi connectivity index (χ2v) is 5.58. The molecule has 2 rings (SSSR count). The summed E-state index contributed by atoms with van der Waals surface area (Å²) in [7, 11) is 0. The molecule has 0 aliphatic rings. The summed E-state index contributed by atoms with van der Waals surface area (Å²) in [5, 5.41) is 10.3. The lowest BCUT2D eigenvalue weighted by molar-refractivity contribution is 0.204. The molecule has 0 aliphatic heterocycles. The van der Waals surface area contributed by atoms with E-state index in [1.54, 1.807) is 18.0 Å². The van der Waals surface area contributed by atoms with Gasteiger partial charge in [-0.25, -0.2) is 4.98 Å². The first kappa shape index (κ1) is 13.9. The number of hydrogen-bond acceptors (Lipinski definition) is 4. The van der Waals surface area contributed by atoms with Crippen molar-refractivity contribution >= 4 is 17.6 Å². The number of aromatic nitrogens is 1. The van der Waals surface area contributed by atoms with Gasteiger partial charge in [0, 0.05) is 22.4 Å². The quantitative estimate of drug-likeness (QED) is 0.841. The number of nitrogen functional groups attached to an aromatic ring is 1. The molecule has 0 amide bonds. The van der Waals surface area contributed by atoms with Gasteiger partial charge in [0.1, 0.15) is 5.82 Å². The molecule has 0 saturated heterocycles. The van der Waals surface area contributed by atoms with Crippen LogP contribution in [0.5, 0.6) is 0 Å². The lowest BCUT2D eigenvalue weighted by Gasteiger charge is -2.15. The van der Waals surface area contributed by atoms with Gasteiger partial charge in [-0.2, -0.15) is 0 Å². The molecule has 4 heteroatoms. The first-order chi connectivity index (χ1) is 9.09. The first-order valence-corrected chi connectivity index (χ1v) is 7.15. The Labute approximate surface area is 117 Å². The van der Waals surface area contributed by atoms with E-state index in [1.807, 2.05) is 25.1 Å². The van der Waals surface area contributed by atoms with E-state index in [-0.39, 0.29) is 0 Å². The molecule has 0 saturated carbocycles. The molecule has 0 fully saturated rings. The van der Waals surface area contributed by atoms with Gasteiger partial charge >= 0.3 is 0 Å². The Hall–Kier alpha value is -1.52. The molecule has 1 atom stereocenters. The minimum Gasteiger partial charge on any atom is -0.387 e. The normalized spacial score (nSPS) is 12.4. The summed E-state index contributed by atoms with van der Waals surface area (Å²) in [6.45, 7) is 4.01. The zero-order valence-electron chi connectivity index (χ0n) is 11.1. The highest BCUT2D eigenvalue weighted by atomic mass is 32.2. The largest absolute Gasteiger partial charge is 0.387 e. The highest BCUT2D eigenvalue weighted by molar-refractivity contribution is 7.99. The van der Waals surface area contributed by atoms with E-state index in [0.29, 0.717) is 11.6 Å². The summed E-state index contributed by atoms with van der Waals surface area (Å²) in [6.07, 6.45) is 1.06. The maximum Gasteiger partial charge on any atom is 0.129 e. The van der Waals surface area contributed by atoms with Crippen LogP contribution in [0.4, 0.5) is 5.82 Å². The number of pyridine rings is 1. The molecule has 1 unspecified atom stereocenters. The fraction of sp³-hybridized carbons (Fsp3) is 0.267. The van der Waals surface area contributed by atoms with Gasteiger partial charge in [0.15, 0.2) is 0 Å². The van der Waals surface area contributed by atoms with Crippen molar-refractivity contribution in [1.29, 1.82) is 0 Å². The second-order valence-electron chi connectivity index (χ2n) is 4.52. The van der Waals surface area contributed by atoms with Crippen LogP contribution in [0, 0.1) is 13.8 Å². The number of nitrogens with two attached hydrogens (primary N) is 1. The molecule has 3 N–H and O–H groups in total. The van der Waals surface area contributed by atoms with Crippen LogP contribution in [0.15, 0.2) is 41.4 Å². The van der Waals surface area contributed by atoms with E-state index in [4.69, 9.17) is 5.73 Å². The third-order valence-electron chi connectivity index (χ3n) is 3.06. The molecule has 2 aromatic rings. The zero-order chi connectivity index (χ0) is 13.8. The van der Waals surface area contributed by atoms with Crippen molar-refractivity contribution in [2.45, 2.75) is 24.8 Å².